The number of hydrogen-bond acceptors (Lipinski definition) is 3. The van der Waals surface area contributed by atoms with E-state index in [2.05, 4.69) is 12.6 Å². The van der Waals surface area contributed by atoms with Gasteiger partial charge in [0, 0.05) is 11.3 Å². The fourth-order valence-corrected chi connectivity index (χ4v) is 3.34. The average molecular weight is 274 g/mol. The van der Waals surface area contributed by atoms with E-state index in [1.165, 1.54) is 24.3 Å². The maximum Gasteiger partial charge on any atom is 0.227 e. The van der Waals surface area contributed by atoms with Gasteiger partial charge in [0.05, 0.1) is 17.4 Å². The second-order valence-electron chi connectivity index (χ2n) is 5.13. The molecular weight excluding hydrogens is 259 g/mol. The van der Waals surface area contributed by atoms with Gasteiger partial charge in [-0.15, -0.1) is 0 Å². The van der Waals surface area contributed by atoms with E-state index in [4.69, 9.17) is 0 Å². The number of hydrogen-bond donors (Lipinski definition) is 0. The first-order valence-corrected chi connectivity index (χ1v) is 6.44. The summed E-state index contributed by atoms with van der Waals surface area (Å²) in [5.41, 5.74) is 0.289. The van der Waals surface area contributed by atoms with Crippen LogP contribution < -0.4 is 0 Å². The van der Waals surface area contributed by atoms with Crippen LogP contribution in [-0.2, 0) is 5.41 Å². The second-order valence-corrected chi connectivity index (χ2v) is 5.13. The van der Waals surface area contributed by atoms with Crippen LogP contribution >= 0.6 is 0 Å². The molecule has 1 aliphatic rings. The van der Waals surface area contributed by atoms with Crippen molar-refractivity contribution in [3.63, 3.8) is 0 Å². The monoisotopic (exact) mass is 274 g/mol. The maximum absolute atomic E-state index is 13.1. The van der Waals surface area contributed by atoms with Gasteiger partial charge in [-0.25, -0.2) is 4.39 Å². The number of nitro groups is 1. The predicted octanol–water partition coefficient (Wildman–Crippen LogP) is 3.22. The minimum atomic E-state index is -0.928. The predicted molar refractivity (Wildman–Crippen MR) is 72.0 cm³/mol. The van der Waals surface area contributed by atoms with Crippen LogP contribution in [-0.4, -0.2) is 11.0 Å². The molecule has 2 rings (SSSR count). The molecule has 1 aromatic rings. The van der Waals surface area contributed by atoms with Gasteiger partial charge >= 0.3 is 0 Å². The molecule has 0 spiro atoms. The van der Waals surface area contributed by atoms with Crippen LogP contribution in [0.4, 0.5) is 4.39 Å². The summed E-state index contributed by atoms with van der Waals surface area (Å²) in [6.45, 7) is 5.65. The van der Waals surface area contributed by atoms with Crippen molar-refractivity contribution in [2.45, 2.75) is 31.2 Å². The number of halogens is 1. The Morgan fingerprint density at radius 1 is 1.55 bits per heavy atom. The van der Waals surface area contributed by atoms with Crippen molar-refractivity contribution in [2.75, 3.05) is 0 Å². The lowest BCUT2D eigenvalue weighted by molar-refractivity contribution is -0.532. The lowest BCUT2D eigenvalue weighted by Gasteiger charge is -2.32. The van der Waals surface area contributed by atoms with Gasteiger partial charge in [-0.1, -0.05) is 31.2 Å². The molecule has 1 fully saturated rings. The first-order chi connectivity index (χ1) is 9.47. The SMILES string of the molecule is C=C1C[C@H]([N+](=O)[O-])[C@@](CC)(c2ccc(F)cc2)[C@@H]1C#N. The van der Waals surface area contributed by atoms with Gasteiger partial charge in [-0.2, -0.15) is 5.26 Å². The van der Waals surface area contributed by atoms with E-state index in [9.17, 15) is 19.8 Å². The van der Waals surface area contributed by atoms with Crippen LogP contribution in [0.3, 0.4) is 0 Å². The van der Waals surface area contributed by atoms with Crippen LogP contribution in [0.5, 0.6) is 0 Å². The van der Waals surface area contributed by atoms with Crippen molar-refractivity contribution in [1.82, 2.24) is 0 Å². The quantitative estimate of drug-likeness (QED) is 0.483. The van der Waals surface area contributed by atoms with Gasteiger partial charge in [0.1, 0.15) is 5.82 Å². The Hall–Kier alpha value is -2.22. The molecule has 104 valence electrons. The summed E-state index contributed by atoms with van der Waals surface area (Å²) in [6, 6.07) is 6.90. The molecule has 0 aliphatic heterocycles. The average Bonchev–Trinajstić information content (AvgIpc) is 2.72. The third-order valence-corrected chi connectivity index (χ3v) is 4.32. The highest BCUT2D eigenvalue weighted by molar-refractivity contribution is 5.40. The lowest BCUT2D eigenvalue weighted by Crippen LogP contribution is -2.43. The third-order valence-electron chi connectivity index (χ3n) is 4.32. The smallest absolute Gasteiger partial charge is 0.227 e. The molecule has 0 bridgehead atoms. The zero-order chi connectivity index (χ0) is 14.9. The van der Waals surface area contributed by atoms with E-state index in [1.54, 1.807) is 0 Å². The largest absolute Gasteiger partial charge is 0.264 e. The summed E-state index contributed by atoms with van der Waals surface area (Å²) in [4.78, 5) is 11.1. The van der Waals surface area contributed by atoms with Crippen LogP contribution in [0.1, 0.15) is 25.3 Å². The molecule has 5 heteroatoms. The topological polar surface area (TPSA) is 66.9 Å². The zero-order valence-electron chi connectivity index (χ0n) is 11.2. The summed E-state index contributed by atoms with van der Waals surface area (Å²) in [6.07, 6.45) is 0.623. The minimum absolute atomic E-state index is 0.191. The molecule has 20 heavy (non-hydrogen) atoms. The molecule has 1 aromatic carbocycles. The third kappa shape index (κ3) is 1.88. The van der Waals surface area contributed by atoms with Crippen LogP contribution in [0.15, 0.2) is 36.4 Å². The summed E-state index contributed by atoms with van der Waals surface area (Å²) >= 11 is 0. The Balaban J connectivity index is 2.65. The highest BCUT2D eigenvalue weighted by Crippen LogP contribution is 2.51. The van der Waals surface area contributed by atoms with E-state index in [-0.39, 0.29) is 11.3 Å². The van der Waals surface area contributed by atoms with Crippen LogP contribution in [0, 0.1) is 33.2 Å². The van der Waals surface area contributed by atoms with Crippen molar-refractivity contribution in [3.05, 3.63) is 57.9 Å². The summed E-state index contributed by atoms with van der Waals surface area (Å²) in [5.74, 6) is -1.02. The van der Waals surface area contributed by atoms with E-state index < -0.39 is 23.2 Å². The summed E-state index contributed by atoms with van der Waals surface area (Å²) in [5, 5.41) is 20.8. The van der Waals surface area contributed by atoms with Crippen molar-refractivity contribution >= 4 is 0 Å². The van der Waals surface area contributed by atoms with E-state index in [1.807, 2.05) is 6.92 Å². The Morgan fingerprint density at radius 3 is 2.60 bits per heavy atom. The molecule has 0 heterocycles. The molecule has 0 amide bonds. The van der Waals surface area contributed by atoms with Crippen LogP contribution in [0.25, 0.3) is 0 Å². The minimum Gasteiger partial charge on any atom is -0.264 e. The zero-order valence-corrected chi connectivity index (χ0v) is 11.2. The van der Waals surface area contributed by atoms with E-state index in [0.29, 0.717) is 17.6 Å². The lowest BCUT2D eigenvalue weighted by atomic mass is 9.68. The molecule has 0 aromatic heterocycles. The fourth-order valence-electron chi connectivity index (χ4n) is 3.34. The molecule has 4 nitrogen and oxygen atoms in total. The summed E-state index contributed by atoms with van der Waals surface area (Å²) < 4.78 is 13.1. The first kappa shape index (κ1) is 14.2. The van der Waals surface area contributed by atoms with Gasteiger partial charge in [0.2, 0.25) is 6.04 Å². The Labute approximate surface area is 116 Å². The molecule has 1 saturated carbocycles. The normalized spacial score (nSPS) is 29.1. The van der Waals surface area contributed by atoms with Gasteiger partial charge in [0.25, 0.3) is 0 Å². The molecule has 0 saturated heterocycles. The van der Waals surface area contributed by atoms with Crippen molar-refractivity contribution in [1.29, 1.82) is 5.26 Å². The highest BCUT2D eigenvalue weighted by Gasteiger charge is 2.58. The number of nitrogens with zero attached hydrogens (tertiary/aromatic N) is 2. The summed E-state index contributed by atoms with van der Waals surface area (Å²) in [7, 11) is 0. The first-order valence-electron chi connectivity index (χ1n) is 6.44. The van der Waals surface area contributed by atoms with Gasteiger partial charge in [-0.3, -0.25) is 10.1 Å². The van der Waals surface area contributed by atoms with Crippen molar-refractivity contribution in [3.8, 4) is 6.07 Å². The Morgan fingerprint density at radius 2 is 2.15 bits per heavy atom. The number of nitriles is 1. The molecule has 0 N–H and O–H groups in total. The second kappa shape index (κ2) is 5.04. The van der Waals surface area contributed by atoms with Crippen molar-refractivity contribution < 1.29 is 9.31 Å². The van der Waals surface area contributed by atoms with Gasteiger partial charge in [-0.05, 0) is 24.1 Å². The van der Waals surface area contributed by atoms with Crippen molar-refractivity contribution in [2.24, 2.45) is 5.92 Å². The standard InChI is InChI=1S/C15H15FN2O2/c1-3-15(11-4-6-12(16)7-5-11)13(9-17)10(2)8-14(15)18(19)20/h4-7,13-14H,2-3,8H2,1H3/t13-,14+,15+/m1/s1. The molecule has 0 unspecified atom stereocenters. The number of rotatable bonds is 3. The molecule has 0 radical (unpaired) electrons. The van der Waals surface area contributed by atoms with Crippen LogP contribution in [0.2, 0.25) is 0 Å². The number of benzene rings is 1. The molecule has 3 atom stereocenters. The fraction of sp³-hybridized carbons (Fsp3) is 0.400. The van der Waals surface area contributed by atoms with E-state index >= 15 is 0 Å². The Kier molecular flexibility index (Phi) is 3.58. The molecular formula is C15H15FN2O2. The van der Waals surface area contributed by atoms with Gasteiger partial charge in [0.15, 0.2) is 0 Å². The maximum atomic E-state index is 13.1. The highest BCUT2D eigenvalue weighted by atomic mass is 19.1. The Bertz CT molecular complexity index is 591. The van der Waals surface area contributed by atoms with E-state index in [0.717, 1.165) is 0 Å². The van der Waals surface area contributed by atoms with Gasteiger partial charge < -0.3 is 0 Å². The molecule has 1 aliphatic carbocycles.